The normalized spacial score (nSPS) is 16.6. The first-order chi connectivity index (χ1) is 3.83. The number of nitrogens with one attached hydrogen (secondary N) is 1. The molecule has 0 aromatic carbocycles. The lowest BCUT2D eigenvalue weighted by Gasteiger charge is -1.79. The van der Waals surface area contributed by atoms with Crippen LogP contribution in [0.15, 0.2) is 0 Å². The van der Waals surface area contributed by atoms with E-state index in [-0.39, 0.29) is 22.9 Å². The third-order valence-electron chi connectivity index (χ3n) is 0.951. The van der Waals surface area contributed by atoms with Gasteiger partial charge in [0.15, 0.2) is 23.0 Å². The molecule has 1 amide bonds. The van der Waals surface area contributed by atoms with Crippen LogP contribution in [-0.4, -0.2) is 11.8 Å². The monoisotopic (exact) mass is 305 g/mol. The van der Waals surface area contributed by atoms with Crippen molar-refractivity contribution in [1.82, 2.24) is 0 Å². The van der Waals surface area contributed by atoms with Crippen molar-refractivity contribution in [1.29, 1.82) is 0 Å². The maximum atomic E-state index is 10.4. The highest BCUT2D eigenvalue weighted by Gasteiger charge is 2.22. The van der Waals surface area contributed by atoms with Gasteiger partial charge in [-0.05, 0) is 0 Å². The Balaban J connectivity index is 0.000000640. The van der Waals surface area contributed by atoms with Crippen molar-refractivity contribution in [3.8, 4) is 0 Å². The van der Waals surface area contributed by atoms with E-state index in [1.54, 1.807) is 23.0 Å². The summed E-state index contributed by atoms with van der Waals surface area (Å²) >= 11 is 1.75. The molecule has 0 spiro atoms. The second kappa shape index (κ2) is 4.21. The molecule has 0 saturated heterocycles. The summed E-state index contributed by atoms with van der Waals surface area (Å²) in [6.07, 6.45) is 1.29. The third kappa shape index (κ3) is 2.61. The summed E-state index contributed by atoms with van der Waals surface area (Å²) in [5.74, 6) is 0.729. The van der Waals surface area contributed by atoms with Crippen LogP contribution >= 0.6 is 23.0 Å². The molecular weight excluding hydrogens is 301 g/mol. The van der Waals surface area contributed by atoms with E-state index in [2.05, 4.69) is 4.99 Å². The summed E-state index contributed by atoms with van der Waals surface area (Å²) in [5.41, 5.74) is 0. The van der Waals surface area contributed by atoms with Gasteiger partial charge in [-0.25, -0.2) is 4.79 Å². The summed E-state index contributed by atoms with van der Waals surface area (Å²) in [7, 11) is 0. The van der Waals surface area contributed by atoms with Gasteiger partial charge in [0.2, 0.25) is 0 Å². The van der Waals surface area contributed by atoms with Crippen molar-refractivity contribution in [2.75, 3.05) is 0 Å². The van der Waals surface area contributed by atoms with Crippen LogP contribution in [0.4, 0.5) is 0 Å². The van der Waals surface area contributed by atoms with Crippen molar-refractivity contribution in [2.24, 2.45) is 0 Å². The molecule has 0 fully saturated rings. The van der Waals surface area contributed by atoms with Crippen LogP contribution in [0.5, 0.6) is 0 Å². The first kappa shape index (κ1) is 9.35. The fraction of sp³-hybridized carbons (Fsp3) is 0.500. The smallest absolute Gasteiger partial charge is 0.388 e. The van der Waals surface area contributed by atoms with Crippen LogP contribution in [0.25, 0.3) is 0 Å². The molecule has 1 heterocycles. The Morgan fingerprint density at radius 2 is 2.22 bits per heavy atom. The van der Waals surface area contributed by atoms with Crippen LogP contribution in [0.1, 0.15) is 12.8 Å². The number of halogens is 2. The van der Waals surface area contributed by atoms with E-state index in [1.807, 2.05) is 0 Å². The molecule has 1 N–H and O–H groups in total. The average molecular weight is 306 g/mol. The second-order valence-electron chi connectivity index (χ2n) is 1.55. The summed E-state index contributed by atoms with van der Waals surface area (Å²) in [6, 6.07) is 0. The largest absolute Gasteiger partial charge is 1.00 e. The molecule has 5 heteroatoms. The van der Waals surface area contributed by atoms with Crippen LogP contribution in [0.2, 0.25) is 0 Å². The Kier molecular flexibility index (Phi) is 4.37. The zero-order valence-corrected chi connectivity index (χ0v) is 8.23. The molecule has 52 valence electrons. The third-order valence-corrected chi connectivity index (χ3v) is 1.48. The van der Waals surface area contributed by atoms with Gasteiger partial charge < -0.3 is 20.0 Å². The van der Waals surface area contributed by atoms with E-state index in [0.717, 1.165) is 6.42 Å². The van der Waals surface area contributed by atoms with Gasteiger partial charge in [0, 0.05) is 0 Å². The molecule has 0 atom stereocenters. The molecular formula is C4H5BrINO2. The average Bonchev–Trinajstić information content (AvgIpc) is 2.14. The van der Waals surface area contributed by atoms with Crippen molar-refractivity contribution in [3.05, 3.63) is 0 Å². The first-order valence-corrected chi connectivity index (χ1v) is 3.15. The fourth-order valence-electron chi connectivity index (χ4n) is 0.565. The van der Waals surface area contributed by atoms with E-state index in [9.17, 15) is 4.79 Å². The molecule has 1 aliphatic rings. The highest BCUT2D eigenvalue weighted by atomic mass is 127. The first-order valence-electron chi connectivity index (χ1n) is 2.27. The van der Waals surface area contributed by atoms with E-state index in [0.29, 0.717) is 12.3 Å². The highest BCUT2D eigenvalue weighted by molar-refractivity contribution is 14.1. The molecule has 0 aromatic heterocycles. The minimum absolute atomic E-state index is 0. The number of hydrogen-bond acceptors (Lipinski definition) is 2. The lowest BCUT2D eigenvalue weighted by molar-refractivity contribution is -0.377. The summed E-state index contributed by atoms with van der Waals surface area (Å²) in [4.78, 5) is 12.9. The predicted molar refractivity (Wildman–Crippen MR) is 35.3 cm³/mol. The van der Waals surface area contributed by atoms with Crippen LogP contribution in [-0.2, 0) is 7.86 Å². The zero-order chi connectivity index (χ0) is 5.98. The number of carbonyl (C=O) groups is 1. The highest BCUT2D eigenvalue weighted by Crippen LogP contribution is 1.96. The summed E-state index contributed by atoms with van der Waals surface area (Å²) < 4.78 is 4.74. The molecule has 9 heavy (non-hydrogen) atoms. The van der Waals surface area contributed by atoms with Crippen molar-refractivity contribution in [2.45, 2.75) is 12.8 Å². The van der Waals surface area contributed by atoms with Gasteiger partial charge in [-0.1, -0.05) is 0 Å². The summed E-state index contributed by atoms with van der Waals surface area (Å²) in [5, 5.41) is 0. The number of carbonyl (C=O) groups excluding carboxylic acids is 1. The van der Waals surface area contributed by atoms with Gasteiger partial charge in [0.05, 0.1) is 12.8 Å². The van der Waals surface area contributed by atoms with Gasteiger partial charge in [-0.2, -0.15) is 0 Å². The SMILES string of the molecule is O=C1CCC(OI)=[NH+]1.[Br-]. The van der Waals surface area contributed by atoms with Gasteiger partial charge >= 0.3 is 11.8 Å². The predicted octanol–water partition coefficient (Wildman–Crippen LogP) is -3.84. The second-order valence-corrected chi connectivity index (χ2v) is 1.99. The fourth-order valence-corrected chi connectivity index (χ4v) is 0.896. The molecule has 0 radical (unpaired) electrons. The molecule has 1 rings (SSSR count). The van der Waals surface area contributed by atoms with Crippen LogP contribution in [0, 0.1) is 0 Å². The van der Waals surface area contributed by atoms with E-state index in [4.69, 9.17) is 3.07 Å². The summed E-state index contributed by atoms with van der Waals surface area (Å²) in [6.45, 7) is 0. The van der Waals surface area contributed by atoms with E-state index < -0.39 is 0 Å². The Bertz CT molecular complexity index is 148. The molecule has 0 saturated carbocycles. The van der Waals surface area contributed by atoms with Gasteiger partial charge in [0.25, 0.3) is 0 Å². The maximum Gasteiger partial charge on any atom is 0.388 e. The maximum absolute atomic E-state index is 10.4. The molecule has 0 unspecified atom stereocenters. The van der Waals surface area contributed by atoms with E-state index in [1.165, 1.54) is 0 Å². The van der Waals surface area contributed by atoms with Gasteiger partial charge in [-0.3, -0.25) is 0 Å². The Morgan fingerprint density at radius 1 is 1.56 bits per heavy atom. The topological polar surface area (TPSA) is 40.3 Å². The molecule has 3 nitrogen and oxygen atoms in total. The van der Waals surface area contributed by atoms with Gasteiger partial charge in [-0.15, -0.1) is 4.99 Å². The molecule has 0 aliphatic carbocycles. The molecule has 0 aromatic rings. The quantitative estimate of drug-likeness (QED) is 0.466. The lowest BCUT2D eigenvalue weighted by Crippen LogP contribution is -3.00. The Morgan fingerprint density at radius 3 is 2.44 bits per heavy atom. The minimum atomic E-state index is 0. The molecule has 1 aliphatic heterocycles. The van der Waals surface area contributed by atoms with E-state index >= 15 is 0 Å². The van der Waals surface area contributed by atoms with Crippen LogP contribution in [0.3, 0.4) is 0 Å². The standard InChI is InChI=1S/C4H4INO2.BrH/c5-8-4-2-1-3(7)6-4;/h1-2H2;1H. The minimum Gasteiger partial charge on any atom is -1.00 e. The zero-order valence-electron chi connectivity index (χ0n) is 4.49. The number of hydrogen-bond donors (Lipinski definition) is 1. The van der Waals surface area contributed by atoms with Crippen molar-refractivity contribution in [3.63, 3.8) is 0 Å². The van der Waals surface area contributed by atoms with Gasteiger partial charge in [0.1, 0.15) is 0 Å². The Hall–Kier alpha value is 0.350. The number of rotatable bonds is 0. The molecule has 0 bridgehead atoms. The van der Waals surface area contributed by atoms with Crippen molar-refractivity contribution < 1.29 is 29.8 Å². The lowest BCUT2D eigenvalue weighted by atomic mass is 10.4. The van der Waals surface area contributed by atoms with Crippen molar-refractivity contribution >= 4 is 34.8 Å². The number of amides is 1. The Labute approximate surface area is 77.3 Å². The van der Waals surface area contributed by atoms with Crippen LogP contribution < -0.4 is 22.0 Å².